The van der Waals surface area contributed by atoms with Gasteiger partial charge >= 0.3 is 0 Å². The van der Waals surface area contributed by atoms with Crippen LogP contribution in [0.5, 0.6) is 5.75 Å². The van der Waals surface area contributed by atoms with E-state index in [0.717, 1.165) is 5.56 Å². The molecule has 1 unspecified atom stereocenters. The lowest BCUT2D eigenvalue weighted by Crippen LogP contribution is -2.10. The standard InChI is InChI=1S/C12H18FNO3/c1-9(14)10-2-3-12(11(13)8-10)17-7-6-16-5-4-15/h2-3,8-9,15H,4-7,14H2,1H3. The third kappa shape index (κ3) is 4.68. The summed E-state index contributed by atoms with van der Waals surface area (Å²) in [6, 6.07) is 4.46. The molecule has 1 aromatic carbocycles. The van der Waals surface area contributed by atoms with Gasteiger partial charge in [0.25, 0.3) is 0 Å². The van der Waals surface area contributed by atoms with Crippen LogP contribution in [-0.4, -0.2) is 31.5 Å². The molecule has 96 valence electrons. The molecule has 0 heterocycles. The van der Waals surface area contributed by atoms with Crippen LogP contribution in [-0.2, 0) is 4.74 Å². The lowest BCUT2D eigenvalue weighted by atomic mass is 10.1. The maximum absolute atomic E-state index is 13.5. The van der Waals surface area contributed by atoms with Crippen LogP contribution < -0.4 is 10.5 Å². The lowest BCUT2D eigenvalue weighted by molar-refractivity contribution is 0.0696. The van der Waals surface area contributed by atoms with Crippen molar-refractivity contribution in [2.45, 2.75) is 13.0 Å². The predicted octanol–water partition coefficient (Wildman–Crippen LogP) is 1.23. The number of nitrogens with two attached hydrogens (primary N) is 1. The highest BCUT2D eigenvalue weighted by Crippen LogP contribution is 2.20. The van der Waals surface area contributed by atoms with Crippen LogP contribution in [0, 0.1) is 5.82 Å². The van der Waals surface area contributed by atoms with Crippen molar-refractivity contribution < 1.29 is 19.0 Å². The van der Waals surface area contributed by atoms with E-state index in [1.807, 2.05) is 0 Å². The van der Waals surface area contributed by atoms with E-state index in [1.54, 1.807) is 19.1 Å². The summed E-state index contributed by atoms with van der Waals surface area (Å²) < 4.78 is 23.7. The average molecular weight is 243 g/mol. The Balaban J connectivity index is 2.43. The van der Waals surface area contributed by atoms with Crippen molar-refractivity contribution in [1.29, 1.82) is 0 Å². The van der Waals surface area contributed by atoms with E-state index in [4.69, 9.17) is 20.3 Å². The zero-order chi connectivity index (χ0) is 12.7. The molecule has 0 radical (unpaired) electrons. The number of aliphatic hydroxyl groups is 1. The molecular weight excluding hydrogens is 225 g/mol. The SMILES string of the molecule is CC(N)c1ccc(OCCOCCO)c(F)c1. The van der Waals surface area contributed by atoms with Crippen LogP contribution in [0.15, 0.2) is 18.2 Å². The van der Waals surface area contributed by atoms with Gasteiger partial charge in [0, 0.05) is 6.04 Å². The number of benzene rings is 1. The Hall–Kier alpha value is -1.17. The number of hydrogen-bond donors (Lipinski definition) is 2. The minimum atomic E-state index is -0.429. The molecule has 1 atom stereocenters. The van der Waals surface area contributed by atoms with E-state index >= 15 is 0 Å². The van der Waals surface area contributed by atoms with E-state index in [1.165, 1.54) is 6.07 Å². The van der Waals surface area contributed by atoms with Gasteiger partial charge in [0.1, 0.15) is 6.61 Å². The van der Waals surface area contributed by atoms with Crippen molar-refractivity contribution >= 4 is 0 Å². The fourth-order valence-electron chi connectivity index (χ4n) is 1.29. The highest BCUT2D eigenvalue weighted by atomic mass is 19.1. The fourth-order valence-corrected chi connectivity index (χ4v) is 1.29. The number of hydrogen-bond acceptors (Lipinski definition) is 4. The Labute approximate surface area is 100 Å². The maximum Gasteiger partial charge on any atom is 0.165 e. The number of halogens is 1. The molecule has 0 fully saturated rings. The summed E-state index contributed by atoms with van der Waals surface area (Å²) in [5, 5.41) is 8.47. The molecule has 4 nitrogen and oxygen atoms in total. The second kappa shape index (κ2) is 7.21. The van der Waals surface area contributed by atoms with E-state index in [2.05, 4.69) is 0 Å². The van der Waals surface area contributed by atoms with Crippen molar-refractivity contribution in [2.75, 3.05) is 26.4 Å². The molecule has 5 heteroatoms. The largest absolute Gasteiger partial charge is 0.488 e. The first-order chi connectivity index (χ1) is 8.15. The summed E-state index contributed by atoms with van der Waals surface area (Å²) in [7, 11) is 0. The van der Waals surface area contributed by atoms with E-state index in [0.29, 0.717) is 6.61 Å². The van der Waals surface area contributed by atoms with Crippen molar-refractivity contribution in [2.24, 2.45) is 5.73 Å². The fraction of sp³-hybridized carbons (Fsp3) is 0.500. The molecule has 0 aliphatic heterocycles. The van der Waals surface area contributed by atoms with Gasteiger partial charge in [-0.15, -0.1) is 0 Å². The van der Waals surface area contributed by atoms with Crippen molar-refractivity contribution in [3.63, 3.8) is 0 Å². The van der Waals surface area contributed by atoms with E-state index < -0.39 is 5.82 Å². The molecule has 3 N–H and O–H groups in total. The van der Waals surface area contributed by atoms with Crippen LogP contribution >= 0.6 is 0 Å². The number of rotatable bonds is 7. The summed E-state index contributed by atoms with van der Waals surface area (Å²) in [5.74, 6) is -0.246. The van der Waals surface area contributed by atoms with Crippen molar-refractivity contribution in [3.05, 3.63) is 29.6 Å². The normalized spacial score (nSPS) is 12.5. The minimum Gasteiger partial charge on any atom is -0.488 e. The quantitative estimate of drug-likeness (QED) is 0.707. The molecule has 0 bridgehead atoms. The summed E-state index contributed by atoms with van der Waals surface area (Å²) in [6.07, 6.45) is 0. The first-order valence-corrected chi connectivity index (χ1v) is 5.51. The Bertz CT molecular complexity index is 345. The molecule has 0 aromatic heterocycles. The van der Waals surface area contributed by atoms with Gasteiger partial charge < -0.3 is 20.3 Å². The molecule has 0 amide bonds. The molecular formula is C12H18FNO3. The molecule has 0 aliphatic rings. The zero-order valence-corrected chi connectivity index (χ0v) is 9.86. The van der Waals surface area contributed by atoms with Gasteiger partial charge in [0.05, 0.1) is 19.8 Å². The van der Waals surface area contributed by atoms with Gasteiger partial charge in [-0.2, -0.15) is 0 Å². The van der Waals surface area contributed by atoms with Crippen molar-refractivity contribution in [1.82, 2.24) is 0 Å². The van der Waals surface area contributed by atoms with Gasteiger partial charge in [-0.25, -0.2) is 4.39 Å². The van der Waals surface area contributed by atoms with Crippen LogP contribution in [0.2, 0.25) is 0 Å². The molecule has 0 spiro atoms. The summed E-state index contributed by atoms with van der Waals surface area (Å²) in [4.78, 5) is 0. The highest BCUT2D eigenvalue weighted by Gasteiger charge is 2.06. The third-order valence-corrected chi connectivity index (χ3v) is 2.20. The Kier molecular flexibility index (Phi) is 5.90. The maximum atomic E-state index is 13.5. The first-order valence-electron chi connectivity index (χ1n) is 5.51. The second-order valence-electron chi connectivity index (χ2n) is 3.66. The predicted molar refractivity (Wildman–Crippen MR) is 62.4 cm³/mol. The van der Waals surface area contributed by atoms with Crippen molar-refractivity contribution in [3.8, 4) is 5.75 Å². The molecule has 0 saturated carbocycles. The van der Waals surface area contributed by atoms with Crippen LogP contribution in [0.3, 0.4) is 0 Å². The molecule has 0 aliphatic carbocycles. The second-order valence-corrected chi connectivity index (χ2v) is 3.66. The summed E-state index contributed by atoms with van der Waals surface area (Å²) >= 11 is 0. The van der Waals surface area contributed by atoms with Crippen LogP contribution in [0.25, 0.3) is 0 Å². The number of ether oxygens (including phenoxy) is 2. The van der Waals surface area contributed by atoms with Gasteiger partial charge in [0.15, 0.2) is 11.6 Å². The van der Waals surface area contributed by atoms with Crippen LogP contribution in [0.4, 0.5) is 4.39 Å². The Morgan fingerprint density at radius 2 is 2.12 bits per heavy atom. The molecule has 1 aromatic rings. The topological polar surface area (TPSA) is 64.7 Å². The molecule has 1 rings (SSSR count). The first kappa shape index (κ1) is 13.9. The lowest BCUT2D eigenvalue weighted by Gasteiger charge is -2.10. The van der Waals surface area contributed by atoms with Gasteiger partial charge in [-0.05, 0) is 24.6 Å². The molecule has 17 heavy (non-hydrogen) atoms. The summed E-state index contributed by atoms with van der Waals surface area (Å²) in [6.45, 7) is 2.58. The van der Waals surface area contributed by atoms with Gasteiger partial charge in [-0.1, -0.05) is 6.07 Å². The minimum absolute atomic E-state index is 0.0303. The average Bonchev–Trinajstić information content (AvgIpc) is 2.30. The van der Waals surface area contributed by atoms with Crippen LogP contribution in [0.1, 0.15) is 18.5 Å². The highest BCUT2D eigenvalue weighted by molar-refractivity contribution is 5.30. The smallest absolute Gasteiger partial charge is 0.165 e. The monoisotopic (exact) mass is 243 g/mol. The zero-order valence-electron chi connectivity index (χ0n) is 9.86. The third-order valence-electron chi connectivity index (χ3n) is 2.20. The summed E-state index contributed by atoms with van der Waals surface area (Å²) in [5.41, 5.74) is 6.36. The van der Waals surface area contributed by atoms with E-state index in [-0.39, 0.29) is 31.6 Å². The van der Waals surface area contributed by atoms with Gasteiger partial charge in [0.2, 0.25) is 0 Å². The van der Waals surface area contributed by atoms with E-state index in [9.17, 15) is 4.39 Å². The molecule has 0 saturated heterocycles. The Morgan fingerprint density at radius 1 is 1.35 bits per heavy atom. The van der Waals surface area contributed by atoms with Gasteiger partial charge in [-0.3, -0.25) is 0 Å². The number of aliphatic hydroxyl groups excluding tert-OH is 1. The Morgan fingerprint density at radius 3 is 2.71 bits per heavy atom.